The highest BCUT2D eigenvalue weighted by atomic mass is 19.3. The third kappa shape index (κ3) is 1.71. The molecule has 5 heteroatoms. The van der Waals surface area contributed by atoms with Gasteiger partial charge in [-0.3, -0.25) is 4.79 Å². The summed E-state index contributed by atoms with van der Waals surface area (Å²) in [5.41, 5.74) is -0.917. The van der Waals surface area contributed by atoms with E-state index in [9.17, 15) is 18.0 Å². The number of rotatable bonds is 2. The highest BCUT2D eigenvalue weighted by Crippen LogP contribution is 2.29. The Morgan fingerprint density at radius 3 is 2.43 bits per heavy atom. The fourth-order valence-electron chi connectivity index (χ4n) is 0.995. The van der Waals surface area contributed by atoms with Crippen LogP contribution in [0.3, 0.4) is 0 Å². The first kappa shape index (κ1) is 10.6. The molecule has 0 atom stereocenters. The van der Waals surface area contributed by atoms with Crippen LogP contribution in [0.25, 0.3) is 0 Å². The van der Waals surface area contributed by atoms with Gasteiger partial charge < -0.3 is 5.32 Å². The number of benzene rings is 1. The van der Waals surface area contributed by atoms with E-state index >= 15 is 0 Å². The second-order valence-corrected chi connectivity index (χ2v) is 2.63. The Morgan fingerprint density at radius 1 is 1.36 bits per heavy atom. The minimum absolute atomic E-state index is 0.880. The average molecular weight is 203 g/mol. The van der Waals surface area contributed by atoms with Gasteiger partial charge in [0.1, 0.15) is 5.82 Å². The molecule has 1 amide bonds. The molecule has 0 fully saturated rings. The molecule has 0 aliphatic heterocycles. The third-order valence-electron chi connectivity index (χ3n) is 1.72. The summed E-state index contributed by atoms with van der Waals surface area (Å²) in [5, 5.41) is 1.78. The molecule has 1 aromatic rings. The Bertz CT molecular complexity index is 352. The minimum atomic E-state index is -3.83. The van der Waals surface area contributed by atoms with Gasteiger partial charge in [0, 0.05) is 7.05 Å². The molecule has 0 aromatic heterocycles. The first-order valence-electron chi connectivity index (χ1n) is 3.85. The molecule has 0 heterocycles. The van der Waals surface area contributed by atoms with Gasteiger partial charge in [0.25, 0.3) is 5.91 Å². The molecule has 0 saturated carbocycles. The van der Waals surface area contributed by atoms with Gasteiger partial charge in [-0.1, -0.05) is 12.1 Å². The quantitative estimate of drug-likeness (QED) is 0.778. The first-order valence-corrected chi connectivity index (χ1v) is 3.85. The minimum Gasteiger partial charge on any atom is -0.354 e. The van der Waals surface area contributed by atoms with Gasteiger partial charge in [0.2, 0.25) is 0 Å². The van der Waals surface area contributed by atoms with E-state index in [2.05, 4.69) is 0 Å². The van der Waals surface area contributed by atoms with Crippen LogP contribution < -0.4 is 5.32 Å². The van der Waals surface area contributed by atoms with E-state index in [-0.39, 0.29) is 0 Å². The van der Waals surface area contributed by atoms with Crippen molar-refractivity contribution in [3.63, 3.8) is 0 Å². The van der Waals surface area contributed by atoms with Crippen LogP contribution in [0.5, 0.6) is 0 Å². The Morgan fingerprint density at radius 2 is 1.93 bits per heavy atom. The predicted molar refractivity (Wildman–Crippen MR) is 44.4 cm³/mol. The number of carbonyl (C=O) groups excluding carboxylic acids is 1. The lowest BCUT2D eigenvalue weighted by molar-refractivity contribution is -0.146. The molecule has 0 aliphatic carbocycles. The van der Waals surface area contributed by atoms with Gasteiger partial charge in [-0.2, -0.15) is 8.78 Å². The summed E-state index contributed by atoms with van der Waals surface area (Å²) < 4.78 is 39.2. The molecule has 0 aliphatic rings. The molecule has 0 unspecified atom stereocenters. The number of carbonyl (C=O) groups is 1. The normalized spacial score (nSPS) is 11.1. The van der Waals surface area contributed by atoms with E-state index in [1.807, 2.05) is 0 Å². The van der Waals surface area contributed by atoms with Crippen molar-refractivity contribution in [2.45, 2.75) is 5.92 Å². The van der Waals surface area contributed by atoms with Crippen molar-refractivity contribution in [1.29, 1.82) is 0 Å². The van der Waals surface area contributed by atoms with Crippen molar-refractivity contribution in [2.24, 2.45) is 0 Å². The molecule has 1 N–H and O–H groups in total. The van der Waals surface area contributed by atoms with Crippen molar-refractivity contribution in [3.05, 3.63) is 35.6 Å². The molecular formula is C9H8F3NO. The van der Waals surface area contributed by atoms with E-state index in [1.165, 1.54) is 12.1 Å². The van der Waals surface area contributed by atoms with Gasteiger partial charge in [-0.15, -0.1) is 0 Å². The zero-order chi connectivity index (χ0) is 10.8. The number of likely N-dealkylation sites (N-methyl/N-ethyl adjacent to an activating group) is 1. The smallest absolute Gasteiger partial charge is 0.352 e. The van der Waals surface area contributed by atoms with Crippen LogP contribution >= 0.6 is 0 Å². The van der Waals surface area contributed by atoms with Gasteiger partial charge in [0.05, 0.1) is 5.56 Å². The summed E-state index contributed by atoms with van der Waals surface area (Å²) in [6, 6.07) is 4.28. The lowest BCUT2D eigenvalue weighted by Crippen LogP contribution is -2.36. The maximum atomic E-state index is 13.2. The molecule has 1 aromatic carbocycles. The first-order chi connectivity index (χ1) is 6.50. The van der Waals surface area contributed by atoms with Crippen molar-refractivity contribution < 1.29 is 18.0 Å². The number of amides is 1. The van der Waals surface area contributed by atoms with Crippen LogP contribution in [0.1, 0.15) is 5.56 Å². The molecule has 0 radical (unpaired) electrons. The summed E-state index contributed by atoms with van der Waals surface area (Å²) in [5.74, 6) is -6.45. The molecule has 14 heavy (non-hydrogen) atoms. The zero-order valence-electron chi connectivity index (χ0n) is 7.35. The van der Waals surface area contributed by atoms with E-state index in [0.717, 1.165) is 19.2 Å². The van der Waals surface area contributed by atoms with Crippen LogP contribution in [-0.4, -0.2) is 13.0 Å². The average Bonchev–Trinajstić information content (AvgIpc) is 2.17. The Labute approximate surface area is 78.7 Å². The zero-order valence-corrected chi connectivity index (χ0v) is 7.35. The molecular weight excluding hydrogens is 195 g/mol. The van der Waals surface area contributed by atoms with Crippen LogP contribution in [0.4, 0.5) is 13.2 Å². The van der Waals surface area contributed by atoms with Gasteiger partial charge in [0.15, 0.2) is 0 Å². The lowest BCUT2D eigenvalue weighted by atomic mass is 10.1. The summed E-state index contributed by atoms with van der Waals surface area (Å²) in [7, 11) is 1.07. The van der Waals surface area contributed by atoms with Gasteiger partial charge in [-0.25, -0.2) is 4.39 Å². The Hall–Kier alpha value is -1.52. The summed E-state index contributed by atoms with van der Waals surface area (Å²) in [6.07, 6.45) is 0. The Balaban J connectivity index is 3.16. The van der Waals surface area contributed by atoms with Crippen molar-refractivity contribution >= 4 is 5.91 Å². The number of alkyl halides is 2. The fourth-order valence-corrected chi connectivity index (χ4v) is 0.995. The van der Waals surface area contributed by atoms with Gasteiger partial charge >= 0.3 is 5.92 Å². The Kier molecular flexibility index (Phi) is 2.78. The SMILES string of the molecule is CNC(=O)C(F)(F)c1ccccc1F. The maximum Gasteiger partial charge on any atom is 0.352 e. The summed E-state index contributed by atoms with van der Waals surface area (Å²) >= 11 is 0. The molecule has 76 valence electrons. The van der Waals surface area contributed by atoms with E-state index in [4.69, 9.17) is 0 Å². The predicted octanol–water partition coefficient (Wildman–Crippen LogP) is 1.66. The highest BCUT2D eigenvalue weighted by molar-refractivity contribution is 5.84. The third-order valence-corrected chi connectivity index (χ3v) is 1.72. The standard InChI is InChI=1S/C9H8F3NO/c1-13-8(14)9(11,12)6-4-2-3-5-7(6)10/h2-5H,1H3,(H,13,14). The maximum absolute atomic E-state index is 13.2. The molecule has 0 spiro atoms. The summed E-state index contributed by atoms with van der Waals surface area (Å²) in [6.45, 7) is 0. The molecule has 0 saturated heterocycles. The van der Waals surface area contributed by atoms with Crippen molar-refractivity contribution in [1.82, 2.24) is 5.32 Å². The number of hydrogen-bond donors (Lipinski definition) is 1. The molecule has 0 bridgehead atoms. The van der Waals surface area contributed by atoms with Crippen LogP contribution in [-0.2, 0) is 10.7 Å². The topological polar surface area (TPSA) is 29.1 Å². The molecule has 2 nitrogen and oxygen atoms in total. The van der Waals surface area contributed by atoms with Crippen molar-refractivity contribution in [2.75, 3.05) is 7.05 Å². The lowest BCUT2D eigenvalue weighted by Gasteiger charge is -2.14. The monoisotopic (exact) mass is 203 g/mol. The van der Waals surface area contributed by atoms with Crippen LogP contribution in [0, 0.1) is 5.82 Å². The number of hydrogen-bond acceptors (Lipinski definition) is 1. The van der Waals surface area contributed by atoms with E-state index < -0.39 is 23.2 Å². The van der Waals surface area contributed by atoms with Crippen LogP contribution in [0.2, 0.25) is 0 Å². The van der Waals surface area contributed by atoms with Crippen LogP contribution in [0.15, 0.2) is 24.3 Å². The largest absolute Gasteiger partial charge is 0.354 e. The van der Waals surface area contributed by atoms with Gasteiger partial charge in [-0.05, 0) is 12.1 Å². The van der Waals surface area contributed by atoms with Crippen molar-refractivity contribution in [3.8, 4) is 0 Å². The molecule has 1 rings (SSSR count). The number of nitrogens with one attached hydrogen (secondary N) is 1. The van der Waals surface area contributed by atoms with E-state index in [0.29, 0.717) is 0 Å². The van der Waals surface area contributed by atoms with E-state index in [1.54, 1.807) is 5.32 Å². The summed E-state index contributed by atoms with van der Waals surface area (Å²) in [4.78, 5) is 10.8. The second-order valence-electron chi connectivity index (χ2n) is 2.63. The number of halogens is 3. The highest BCUT2D eigenvalue weighted by Gasteiger charge is 2.42. The second kappa shape index (κ2) is 3.69. The fraction of sp³-hybridized carbons (Fsp3) is 0.222.